The zero-order valence-electron chi connectivity index (χ0n) is 13.7. The van der Waals surface area contributed by atoms with Gasteiger partial charge in [-0.25, -0.2) is 13.1 Å². The number of hydrogen-bond donors (Lipinski definition) is 2. The van der Waals surface area contributed by atoms with Crippen LogP contribution in [0.5, 0.6) is 0 Å². The predicted octanol–water partition coefficient (Wildman–Crippen LogP) is 2.53. The number of rotatable bonds is 6. The fourth-order valence-electron chi connectivity index (χ4n) is 2.42. The number of para-hydroxylation sites is 1. The highest BCUT2D eigenvalue weighted by Crippen LogP contribution is 2.28. The molecule has 2 aromatic carbocycles. The number of nitrogens with zero attached hydrogens (tertiary/aromatic N) is 1. The third kappa shape index (κ3) is 3.59. The number of nitrogens with one attached hydrogen (secondary N) is 1. The molecule has 1 aromatic heterocycles. The molecule has 0 amide bonds. The average Bonchev–Trinajstić information content (AvgIpc) is 3.05. The zero-order chi connectivity index (χ0) is 18.9. The van der Waals surface area contributed by atoms with Gasteiger partial charge in [0.1, 0.15) is 16.9 Å². The third-order valence-corrected chi connectivity index (χ3v) is 5.30. The second kappa shape index (κ2) is 6.52. The van der Waals surface area contributed by atoms with Gasteiger partial charge in [-0.05, 0) is 25.1 Å². The van der Waals surface area contributed by atoms with Crippen LogP contribution in [0.25, 0.3) is 11.0 Å². The van der Waals surface area contributed by atoms with Crippen LogP contribution in [0.3, 0.4) is 0 Å². The first-order valence-electron chi connectivity index (χ1n) is 7.65. The number of non-ortho nitro benzene ring substituents is 1. The fraction of sp³-hybridized carbons (Fsp3) is 0.176. The predicted molar refractivity (Wildman–Crippen MR) is 94.1 cm³/mol. The molecular weight excluding hydrogens is 360 g/mol. The van der Waals surface area contributed by atoms with E-state index < -0.39 is 20.5 Å². The number of furan rings is 1. The van der Waals surface area contributed by atoms with E-state index in [1.807, 2.05) is 12.1 Å². The van der Waals surface area contributed by atoms with Crippen LogP contribution in [0.1, 0.15) is 12.7 Å². The Kier molecular flexibility index (Phi) is 4.53. The molecule has 0 aliphatic rings. The van der Waals surface area contributed by atoms with Gasteiger partial charge in [-0.2, -0.15) is 0 Å². The van der Waals surface area contributed by atoms with E-state index in [0.29, 0.717) is 5.58 Å². The summed E-state index contributed by atoms with van der Waals surface area (Å²) in [6, 6.07) is 13.5. The summed E-state index contributed by atoms with van der Waals surface area (Å²) < 4.78 is 32.6. The quantitative estimate of drug-likeness (QED) is 0.503. The lowest BCUT2D eigenvalue weighted by molar-refractivity contribution is -0.385. The van der Waals surface area contributed by atoms with Gasteiger partial charge in [-0.3, -0.25) is 10.1 Å². The maximum atomic E-state index is 12.4. The Hall–Kier alpha value is -2.75. The molecule has 136 valence electrons. The largest absolute Gasteiger partial charge is 0.458 e. The number of nitro groups is 1. The Bertz CT molecular complexity index is 1040. The number of aliphatic hydroxyl groups is 1. The van der Waals surface area contributed by atoms with E-state index >= 15 is 0 Å². The van der Waals surface area contributed by atoms with Crippen LogP contribution in [0, 0.1) is 10.1 Å². The lowest BCUT2D eigenvalue weighted by Gasteiger charge is -2.21. The molecule has 3 aromatic rings. The van der Waals surface area contributed by atoms with Crippen molar-refractivity contribution in [3.8, 4) is 0 Å². The minimum Gasteiger partial charge on any atom is -0.458 e. The van der Waals surface area contributed by atoms with E-state index in [0.717, 1.165) is 11.5 Å². The number of benzene rings is 2. The van der Waals surface area contributed by atoms with Gasteiger partial charge in [-0.15, -0.1) is 0 Å². The maximum Gasteiger partial charge on any atom is 0.270 e. The van der Waals surface area contributed by atoms with Gasteiger partial charge in [0.05, 0.1) is 9.82 Å². The standard InChI is InChI=1S/C17H16N2O6S/c1-17(20,16-9-12-5-2-3-8-15(12)25-16)11-18-26(23,24)14-7-4-6-13(10-14)19(21)22/h2-10,18,20H,11H2,1H3. The fourth-order valence-corrected chi connectivity index (χ4v) is 3.59. The molecule has 8 nitrogen and oxygen atoms in total. The van der Waals surface area contributed by atoms with Gasteiger partial charge in [-0.1, -0.05) is 24.3 Å². The van der Waals surface area contributed by atoms with Crippen LogP contribution >= 0.6 is 0 Å². The molecule has 0 radical (unpaired) electrons. The Balaban J connectivity index is 1.82. The molecule has 0 bridgehead atoms. The van der Waals surface area contributed by atoms with Crippen molar-refractivity contribution in [3.05, 3.63) is 70.5 Å². The summed E-state index contributed by atoms with van der Waals surface area (Å²) in [5.41, 5.74) is -1.37. The summed E-state index contributed by atoms with van der Waals surface area (Å²) in [6.07, 6.45) is 0. The van der Waals surface area contributed by atoms with E-state index in [1.54, 1.807) is 18.2 Å². The van der Waals surface area contributed by atoms with E-state index in [-0.39, 0.29) is 22.9 Å². The van der Waals surface area contributed by atoms with Crippen molar-refractivity contribution < 1.29 is 22.9 Å². The molecule has 0 fully saturated rings. The number of nitro benzene ring substituents is 1. The van der Waals surface area contributed by atoms with Crippen molar-refractivity contribution in [1.82, 2.24) is 4.72 Å². The van der Waals surface area contributed by atoms with Crippen LogP contribution in [-0.2, 0) is 15.6 Å². The van der Waals surface area contributed by atoms with E-state index in [9.17, 15) is 23.6 Å². The molecule has 2 N–H and O–H groups in total. The lowest BCUT2D eigenvalue weighted by atomic mass is 10.0. The molecule has 0 saturated heterocycles. The summed E-state index contributed by atoms with van der Waals surface area (Å²) >= 11 is 0. The van der Waals surface area contributed by atoms with Gasteiger partial charge in [0.25, 0.3) is 5.69 Å². The Labute approximate surface area is 149 Å². The minimum absolute atomic E-state index is 0.209. The second-order valence-electron chi connectivity index (χ2n) is 6.00. The Morgan fingerprint density at radius 1 is 1.19 bits per heavy atom. The summed E-state index contributed by atoms with van der Waals surface area (Å²) in [7, 11) is -4.04. The van der Waals surface area contributed by atoms with Gasteiger partial charge in [0.15, 0.2) is 0 Å². The third-order valence-electron chi connectivity index (χ3n) is 3.90. The molecule has 0 saturated carbocycles. The number of fused-ring (bicyclic) bond motifs is 1. The van der Waals surface area contributed by atoms with Gasteiger partial charge >= 0.3 is 0 Å². The SMILES string of the molecule is CC(O)(CNS(=O)(=O)c1cccc([N+](=O)[O-])c1)c1cc2ccccc2o1. The van der Waals surface area contributed by atoms with E-state index in [2.05, 4.69) is 4.72 Å². The van der Waals surface area contributed by atoms with Crippen molar-refractivity contribution in [2.75, 3.05) is 6.54 Å². The summed E-state index contributed by atoms with van der Waals surface area (Å²) in [5.74, 6) is 0.209. The summed E-state index contributed by atoms with van der Waals surface area (Å²) in [4.78, 5) is 9.87. The molecule has 1 unspecified atom stereocenters. The minimum atomic E-state index is -4.04. The van der Waals surface area contributed by atoms with Gasteiger partial charge in [0.2, 0.25) is 10.0 Å². The molecule has 0 aliphatic heterocycles. The second-order valence-corrected chi connectivity index (χ2v) is 7.77. The Morgan fingerprint density at radius 2 is 1.92 bits per heavy atom. The molecule has 9 heteroatoms. The molecule has 26 heavy (non-hydrogen) atoms. The zero-order valence-corrected chi connectivity index (χ0v) is 14.6. The van der Waals surface area contributed by atoms with Gasteiger partial charge < -0.3 is 9.52 Å². The summed E-state index contributed by atoms with van der Waals surface area (Å²) in [5, 5.41) is 22.2. The molecular formula is C17H16N2O6S. The summed E-state index contributed by atoms with van der Waals surface area (Å²) in [6.45, 7) is 1.05. The monoisotopic (exact) mass is 376 g/mol. The van der Waals surface area contributed by atoms with Crippen LogP contribution in [0.4, 0.5) is 5.69 Å². The normalized spacial score (nSPS) is 14.2. The van der Waals surface area contributed by atoms with Crippen LogP contribution < -0.4 is 4.72 Å². The maximum absolute atomic E-state index is 12.4. The smallest absolute Gasteiger partial charge is 0.270 e. The van der Waals surface area contributed by atoms with Gasteiger partial charge in [0, 0.05) is 24.1 Å². The number of sulfonamides is 1. The molecule has 1 heterocycles. The van der Waals surface area contributed by atoms with Crippen LogP contribution in [0.15, 0.2) is 63.9 Å². The molecule has 1 atom stereocenters. The van der Waals surface area contributed by atoms with Crippen molar-refractivity contribution in [1.29, 1.82) is 0 Å². The van der Waals surface area contributed by atoms with Crippen molar-refractivity contribution in [3.63, 3.8) is 0 Å². The van der Waals surface area contributed by atoms with E-state index in [1.165, 1.54) is 25.1 Å². The topological polar surface area (TPSA) is 123 Å². The number of hydrogen-bond acceptors (Lipinski definition) is 6. The first kappa shape index (κ1) is 18.1. The van der Waals surface area contributed by atoms with Crippen LogP contribution in [0.2, 0.25) is 0 Å². The highest BCUT2D eigenvalue weighted by atomic mass is 32.2. The molecule has 0 spiro atoms. The van der Waals surface area contributed by atoms with Crippen molar-refractivity contribution in [2.24, 2.45) is 0 Å². The van der Waals surface area contributed by atoms with Crippen molar-refractivity contribution >= 4 is 26.7 Å². The first-order valence-corrected chi connectivity index (χ1v) is 9.13. The molecule has 0 aliphatic carbocycles. The van der Waals surface area contributed by atoms with Crippen molar-refractivity contribution in [2.45, 2.75) is 17.4 Å². The lowest BCUT2D eigenvalue weighted by Crippen LogP contribution is -2.38. The average molecular weight is 376 g/mol. The Morgan fingerprint density at radius 3 is 2.62 bits per heavy atom. The highest BCUT2D eigenvalue weighted by molar-refractivity contribution is 7.89. The van der Waals surface area contributed by atoms with E-state index in [4.69, 9.17) is 4.42 Å². The first-order chi connectivity index (χ1) is 12.2. The highest BCUT2D eigenvalue weighted by Gasteiger charge is 2.30. The molecule has 3 rings (SSSR count). The van der Waals surface area contributed by atoms with Crippen LogP contribution in [-0.4, -0.2) is 25.0 Å².